The molecule has 1 aliphatic carbocycles. The normalized spacial score (nSPS) is 15.5. The van der Waals surface area contributed by atoms with Gasteiger partial charge in [0.15, 0.2) is 17.2 Å². The topological polar surface area (TPSA) is 150 Å². The summed E-state index contributed by atoms with van der Waals surface area (Å²) in [6, 6.07) is 5.05. The van der Waals surface area contributed by atoms with Gasteiger partial charge < -0.3 is 26.3 Å². The first kappa shape index (κ1) is 20.9. The van der Waals surface area contributed by atoms with E-state index in [1.165, 1.54) is 11.3 Å². The molecule has 1 saturated carbocycles. The van der Waals surface area contributed by atoms with E-state index in [1.807, 2.05) is 0 Å². The molecule has 2 heterocycles. The maximum Gasteiger partial charge on any atom is 0.272 e. The third-order valence-electron chi connectivity index (χ3n) is 5.34. The zero-order chi connectivity index (χ0) is 22.0. The maximum atomic E-state index is 13.3. The van der Waals surface area contributed by atoms with E-state index in [0.29, 0.717) is 17.2 Å². The summed E-state index contributed by atoms with van der Waals surface area (Å²) >= 11 is 0.769. The molecule has 1 fully saturated rings. The summed E-state index contributed by atoms with van der Waals surface area (Å²) in [6.45, 7) is -0.142. The van der Waals surface area contributed by atoms with Gasteiger partial charge in [-0.2, -0.15) is 4.37 Å². The summed E-state index contributed by atoms with van der Waals surface area (Å²) < 4.78 is 14.6. The molecule has 164 valence electrons. The van der Waals surface area contributed by atoms with Crippen LogP contribution < -0.4 is 31.2 Å². The van der Waals surface area contributed by atoms with Crippen LogP contribution in [-0.4, -0.2) is 41.5 Å². The van der Waals surface area contributed by atoms with Crippen molar-refractivity contribution in [2.75, 3.05) is 24.0 Å². The number of nitrogens with two attached hydrogens (primary N) is 2. The van der Waals surface area contributed by atoms with Crippen molar-refractivity contribution in [3.05, 3.63) is 28.8 Å². The fraction of sp³-hybridized carbons (Fsp3) is 0.400. The molecular formula is C20H23N5O5S. The molecule has 10 nitrogen and oxygen atoms in total. The van der Waals surface area contributed by atoms with Gasteiger partial charge >= 0.3 is 0 Å². The number of carbonyl (C=O) groups excluding carboxylic acids is 3. The number of anilines is 2. The molecule has 1 aromatic heterocycles. The number of benzene rings is 1. The lowest BCUT2D eigenvalue weighted by atomic mass is 9.95. The third kappa shape index (κ3) is 4.41. The second-order valence-corrected chi connectivity index (χ2v) is 8.24. The smallest absolute Gasteiger partial charge is 0.272 e. The molecule has 4 rings (SSSR count). The van der Waals surface area contributed by atoms with Gasteiger partial charge in [-0.05, 0) is 36.5 Å². The number of ether oxygens (including phenoxy) is 2. The molecule has 0 saturated heterocycles. The number of rotatable bonds is 6. The molecule has 1 aliphatic heterocycles. The van der Waals surface area contributed by atoms with E-state index in [4.69, 9.17) is 20.9 Å². The minimum absolute atomic E-state index is 0.0388. The summed E-state index contributed by atoms with van der Waals surface area (Å²) in [5, 5.41) is 3.01. The molecule has 0 atom stereocenters. The van der Waals surface area contributed by atoms with E-state index in [-0.39, 0.29) is 41.5 Å². The number of aromatic nitrogens is 1. The first-order valence-corrected chi connectivity index (χ1v) is 10.8. The Labute approximate surface area is 182 Å². The molecule has 2 aliphatic rings. The summed E-state index contributed by atoms with van der Waals surface area (Å²) in [6.07, 6.45) is 5.16. The Morgan fingerprint density at radius 1 is 1.16 bits per heavy atom. The van der Waals surface area contributed by atoms with Gasteiger partial charge in [0.05, 0.1) is 5.69 Å². The van der Waals surface area contributed by atoms with Gasteiger partial charge in [-0.15, -0.1) is 0 Å². The molecule has 0 spiro atoms. The van der Waals surface area contributed by atoms with Crippen LogP contribution in [0.4, 0.5) is 11.4 Å². The molecule has 5 N–H and O–H groups in total. The van der Waals surface area contributed by atoms with Crippen LogP contribution in [0.5, 0.6) is 11.5 Å². The Morgan fingerprint density at radius 3 is 2.61 bits per heavy atom. The number of hydrogen-bond donors (Lipinski definition) is 3. The number of nitrogens with one attached hydrogen (secondary N) is 1. The highest BCUT2D eigenvalue weighted by molar-refractivity contribution is 7.09. The van der Waals surface area contributed by atoms with E-state index < -0.39 is 11.8 Å². The number of carbonyl (C=O) groups is 3. The van der Waals surface area contributed by atoms with Gasteiger partial charge in [-0.25, -0.2) is 0 Å². The molecule has 11 heteroatoms. The van der Waals surface area contributed by atoms with Crippen molar-refractivity contribution in [2.45, 2.75) is 38.1 Å². The minimum atomic E-state index is -0.822. The first-order valence-electron chi connectivity index (χ1n) is 10.00. The first-order chi connectivity index (χ1) is 14.9. The number of amides is 3. The highest BCUT2D eigenvalue weighted by Crippen LogP contribution is 2.36. The van der Waals surface area contributed by atoms with Crippen molar-refractivity contribution in [3.63, 3.8) is 0 Å². The summed E-state index contributed by atoms with van der Waals surface area (Å²) in [7, 11) is 0. The van der Waals surface area contributed by atoms with Crippen LogP contribution >= 0.6 is 11.5 Å². The zero-order valence-corrected chi connectivity index (χ0v) is 17.6. The number of fused-ring (bicyclic) bond motifs is 1. The van der Waals surface area contributed by atoms with Crippen LogP contribution in [0.2, 0.25) is 0 Å². The molecule has 2 aromatic rings. The highest BCUT2D eigenvalue weighted by Gasteiger charge is 2.29. The second-order valence-electron chi connectivity index (χ2n) is 7.47. The SMILES string of the molecule is NC(=O)c1nsc(C(=O)N(CC(=O)NC2CCCCC2)c2ccc3c(c2)OCO3)c1N. The van der Waals surface area contributed by atoms with Crippen molar-refractivity contribution in [1.82, 2.24) is 9.69 Å². The highest BCUT2D eigenvalue weighted by atomic mass is 32.1. The van der Waals surface area contributed by atoms with Crippen molar-refractivity contribution in [2.24, 2.45) is 5.73 Å². The van der Waals surface area contributed by atoms with Gasteiger partial charge in [0, 0.05) is 17.8 Å². The predicted molar refractivity (Wildman–Crippen MR) is 114 cm³/mol. The van der Waals surface area contributed by atoms with Crippen LogP contribution in [0.15, 0.2) is 18.2 Å². The van der Waals surface area contributed by atoms with Gasteiger partial charge in [0.25, 0.3) is 11.8 Å². The Morgan fingerprint density at radius 2 is 1.90 bits per heavy atom. The van der Waals surface area contributed by atoms with Crippen LogP contribution in [0.1, 0.15) is 52.3 Å². The van der Waals surface area contributed by atoms with Crippen LogP contribution in [0.25, 0.3) is 0 Å². The minimum Gasteiger partial charge on any atom is -0.454 e. The van der Waals surface area contributed by atoms with E-state index in [9.17, 15) is 14.4 Å². The lowest BCUT2D eigenvalue weighted by Gasteiger charge is -2.26. The van der Waals surface area contributed by atoms with Gasteiger partial charge in [-0.1, -0.05) is 19.3 Å². The Kier molecular flexibility index (Phi) is 5.94. The number of nitrogen functional groups attached to an aromatic ring is 1. The Bertz CT molecular complexity index is 1020. The Balaban J connectivity index is 1.61. The van der Waals surface area contributed by atoms with Gasteiger partial charge in [0.2, 0.25) is 12.7 Å². The average Bonchev–Trinajstić information content (AvgIpc) is 3.38. The fourth-order valence-corrected chi connectivity index (χ4v) is 4.50. The molecule has 1 aromatic carbocycles. The quantitative estimate of drug-likeness (QED) is 0.612. The third-order valence-corrected chi connectivity index (χ3v) is 6.19. The largest absolute Gasteiger partial charge is 0.454 e. The van der Waals surface area contributed by atoms with Crippen molar-refractivity contribution in [3.8, 4) is 11.5 Å². The Hall–Kier alpha value is -3.34. The predicted octanol–water partition coefficient (Wildman–Crippen LogP) is 1.65. The van der Waals surface area contributed by atoms with Crippen LogP contribution in [0.3, 0.4) is 0 Å². The molecule has 3 amide bonds. The van der Waals surface area contributed by atoms with Crippen molar-refractivity contribution >= 4 is 40.6 Å². The summed E-state index contributed by atoms with van der Waals surface area (Å²) in [5.41, 5.74) is 11.4. The molecule has 31 heavy (non-hydrogen) atoms. The van der Waals surface area contributed by atoms with Crippen LogP contribution in [-0.2, 0) is 4.79 Å². The number of hydrogen-bond acceptors (Lipinski definition) is 8. The number of primary amides is 1. The monoisotopic (exact) mass is 445 g/mol. The fourth-order valence-electron chi connectivity index (χ4n) is 3.75. The molecular weight excluding hydrogens is 422 g/mol. The molecule has 0 radical (unpaired) electrons. The summed E-state index contributed by atoms with van der Waals surface area (Å²) in [5.74, 6) is -0.636. The van der Waals surface area contributed by atoms with Gasteiger partial charge in [-0.3, -0.25) is 19.3 Å². The van der Waals surface area contributed by atoms with E-state index in [2.05, 4.69) is 9.69 Å². The van der Waals surface area contributed by atoms with E-state index >= 15 is 0 Å². The standard InChI is InChI=1S/C20H23N5O5S/c21-16-17(19(22)27)24-31-18(16)20(28)25(9-15(26)23-11-4-2-1-3-5-11)12-6-7-13-14(8-12)30-10-29-13/h6-8,11H,1-5,9-10,21H2,(H2,22,27)(H,23,26). The van der Waals surface area contributed by atoms with Crippen molar-refractivity contribution < 1.29 is 23.9 Å². The maximum absolute atomic E-state index is 13.3. The van der Waals surface area contributed by atoms with Crippen LogP contribution in [0, 0.1) is 0 Å². The van der Waals surface area contributed by atoms with E-state index in [1.54, 1.807) is 18.2 Å². The van der Waals surface area contributed by atoms with E-state index in [0.717, 1.165) is 37.2 Å². The second kappa shape index (κ2) is 8.80. The lowest BCUT2D eigenvalue weighted by Crippen LogP contribution is -2.45. The molecule has 0 bridgehead atoms. The molecule has 0 unspecified atom stereocenters. The summed E-state index contributed by atoms with van der Waals surface area (Å²) in [4.78, 5) is 38.9. The van der Waals surface area contributed by atoms with Gasteiger partial charge in [0.1, 0.15) is 11.4 Å². The lowest BCUT2D eigenvalue weighted by molar-refractivity contribution is -0.120. The number of nitrogens with zero attached hydrogens (tertiary/aromatic N) is 2. The zero-order valence-electron chi connectivity index (χ0n) is 16.8. The average molecular weight is 446 g/mol. The van der Waals surface area contributed by atoms with Crippen molar-refractivity contribution in [1.29, 1.82) is 0 Å².